The van der Waals surface area contributed by atoms with Crippen LogP contribution in [0.4, 0.5) is 39.8 Å². The van der Waals surface area contributed by atoms with Crippen LogP contribution in [0.25, 0.3) is 22.3 Å². The molecule has 0 N–H and O–H groups in total. The van der Waals surface area contributed by atoms with E-state index in [2.05, 4.69) is 230 Å². The van der Waals surface area contributed by atoms with E-state index in [9.17, 15) is 0 Å². The van der Waals surface area contributed by atoms with Crippen molar-refractivity contribution >= 4 is 62.9 Å². The third-order valence-electron chi connectivity index (χ3n) is 19.4. The zero-order chi connectivity index (χ0) is 48.3. The molecule has 0 saturated heterocycles. The Labute approximate surface area is 419 Å². The maximum absolute atomic E-state index is 2.95. The number of nitrogens with zero attached hydrogens (tertiary/aromatic N) is 3. The Hall–Kier alpha value is -6.00. The van der Waals surface area contributed by atoms with Gasteiger partial charge in [0.25, 0.3) is 6.71 Å². The van der Waals surface area contributed by atoms with Gasteiger partial charge in [-0.05, 0) is 148 Å². The van der Waals surface area contributed by atoms with Crippen molar-refractivity contribution in [2.45, 2.75) is 153 Å². The van der Waals surface area contributed by atoms with Crippen LogP contribution < -0.4 is 31.1 Å². The highest BCUT2D eigenvalue weighted by atomic mass is 15.3. The second kappa shape index (κ2) is 14.8. The van der Waals surface area contributed by atoms with E-state index < -0.39 is 0 Å². The minimum atomic E-state index is -0.0998. The standard InChI is InChI=1S/C66H70BN3/c1-61(2,3)47-28-32-55-51(38-47)63(7)33-17-19-35-65(63,9)69(55)50-41-57-59-58(42-50)70-60-52(64(8)34-18-20-36-66(64,70)10)39-48(62(4,5)6)40-54(60)67(59)53-37-46(44-23-15-12-16-24-44)27-31-56(53)68(57)49-29-25-45(26-30-49)43-21-13-11-14-22-43/h11-16,21-32,37-42H,17-20,33-36H2,1-10H3. The lowest BCUT2D eigenvalue weighted by Gasteiger charge is -2.53. The van der Waals surface area contributed by atoms with Crippen LogP contribution in [0.15, 0.2) is 146 Å². The zero-order valence-electron chi connectivity index (χ0n) is 43.4. The van der Waals surface area contributed by atoms with Gasteiger partial charge in [-0.25, -0.2) is 0 Å². The van der Waals surface area contributed by atoms with Crippen molar-refractivity contribution in [3.63, 3.8) is 0 Å². The molecule has 2 fully saturated rings. The molecule has 352 valence electrons. The van der Waals surface area contributed by atoms with Crippen molar-refractivity contribution < 1.29 is 0 Å². The van der Waals surface area contributed by atoms with Crippen LogP contribution in [0.1, 0.15) is 143 Å². The molecule has 6 aliphatic rings. The van der Waals surface area contributed by atoms with Crippen molar-refractivity contribution in [3.8, 4) is 22.3 Å². The Morgan fingerprint density at radius 2 is 0.943 bits per heavy atom. The van der Waals surface area contributed by atoms with Gasteiger partial charge in [0, 0.05) is 50.6 Å². The number of benzene rings is 7. The number of fused-ring (bicyclic) bond motifs is 10. The molecule has 0 radical (unpaired) electrons. The highest BCUT2D eigenvalue weighted by molar-refractivity contribution is 7.00. The Morgan fingerprint density at radius 1 is 0.414 bits per heavy atom. The van der Waals surface area contributed by atoms with Gasteiger partial charge in [-0.15, -0.1) is 0 Å². The van der Waals surface area contributed by atoms with Crippen molar-refractivity contribution in [2.24, 2.45) is 0 Å². The SMILES string of the molecule is CC(C)(C)c1ccc2c(c1)C1(C)CCCCC1(C)N2c1cc2c3c(c1)N1c4c(cc(C(C)(C)C)cc4C4(C)CCCCC14C)B3c1cc(-c3ccccc3)ccc1N2c1ccc(-c2ccccc2)cc1. The Bertz CT molecular complexity index is 3270. The maximum Gasteiger partial charge on any atom is 0.252 e. The summed E-state index contributed by atoms with van der Waals surface area (Å²) in [4.78, 5) is 8.48. The van der Waals surface area contributed by atoms with Crippen LogP contribution in [0.5, 0.6) is 0 Å². The van der Waals surface area contributed by atoms with Crippen molar-refractivity contribution in [2.75, 3.05) is 14.7 Å². The molecule has 0 aromatic heterocycles. The first kappa shape index (κ1) is 44.0. The smallest absolute Gasteiger partial charge is 0.252 e. The number of anilines is 7. The van der Waals surface area contributed by atoms with Crippen molar-refractivity contribution in [1.82, 2.24) is 0 Å². The predicted octanol–water partition coefficient (Wildman–Crippen LogP) is 15.7. The van der Waals surface area contributed by atoms with Gasteiger partial charge in [-0.3, -0.25) is 0 Å². The maximum atomic E-state index is 2.95. The molecule has 7 aromatic rings. The fraction of sp³-hybridized carbons (Fsp3) is 0.364. The molecule has 0 spiro atoms. The van der Waals surface area contributed by atoms with Gasteiger partial charge in [-0.2, -0.15) is 0 Å². The third-order valence-corrected chi connectivity index (χ3v) is 19.4. The summed E-state index contributed by atoms with van der Waals surface area (Å²) in [6, 6.07) is 57.0. The minimum absolute atomic E-state index is 0.00777. The summed E-state index contributed by atoms with van der Waals surface area (Å²) in [6.45, 7) is 25.0. The molecular weight excluding hydrogens is 846 g/mol. The lowest BCUT2D eigenvalue weighted by molar-refractivity contribution is 0.194. The Kier molecular flexibility index (Phi) is 9.29. The molecular formula is C66H70BN3. The summed E-state index contributed by atoms with van der Waals surface area (Å²) >= 11 is 0. The second-order valence-electron chi connectivity index (χ2n) is 25.2. The van der Waals surface area contributed by atoms with Crippen molar-refractivity contribution in [1.29, 1.82) is 0 Å². The van der Waals surface area contributed by atoms with E-state index in [1.54, 1.807) is 5.56 Å². The summed E-state index contributed by atoms with van der Waals surface area (Å²) < 4.78 is 0. The second-order valence-corrected chi connectivity index (χ2v) is 25.2. The van der Waals surface area contributed by atoms with Crippen LogP contribution in [0, 0.1) is 0 Å². The van der Waals surface area contributed by atoms with Gasteiger partial charge >= 0.3 is 0 Å². The first-order valence-electron chi connectivity index (χ1n) is 26.7. The van der Waals surface area contributed by atoms with Gasteiger partial charge in [0.1, 0.15) is 0 Å². The molecule has 0 amide bonds. The van der Waals surface area contributed by atoms with E-state index in [1.807, 2.05) is 0 Å². The van der Waals surface area contributed by atoms with E-state index >= 15 is 0 Å². The lowest BCUT2D eigenvalue weighted by atomic mass is 9.33. The lowest BCUT2D eigenvalue weighted by Crippen LogP contribution is -2.64. The zero-order valence-corrected chi connectivity index (χ0v) is 43.4. The Balaban J connectivity index is 1.14. The quantitative estimate of drug-likeness (QED) is 0.163. The summed E-state index contributed by atoms with van der Waals surface area (Å²) in [5.74, 6) is 0. The topological polar surface area (TPSA) is 9.72 Å². The number of hydrogen-bond acceptors (Lipinski definition) is 3. The fourth-order valence-corrected chi connectivity index (χ4v) is 15.0. The third kappa shape index (κ3) is 5.89. The number of rotatable bonds is 4. The van der Waals surface area contributed by atoms with Gasteiger partial charge in [-0.1, -0.05) is 190 Å². The molecule has 4 heteroatoms. The van der Waals surface area contributed by atoms with Gasteiger partial charge < -0.3 is 14.7 Å². The molecule has 4 aliphatic heterocycles. The highest BCUT2D eigenvalue weighted by Crippen LogP contribution is 2.65. The normalized spacial score (nSPS) is 24.9. The first-order valence-corrected chi connectivity index (χ1v) is 26.7. The van der Waals surface area contributed by atoms with Crippen LogP contribution >= 0.6 is 0 Å². The van der Waals surface area contributed by atoms with Crippen molar-refractivity contribution in [3.05, 3.63) is 168 Å². The summed E-state index contributed by atoms with van der Waals surface area (Å²) in [5.41, 5.74) is 24.6. The van der Waals surface area contributed by atoms with E-state index in [-0.39, 0.29) is 39.5 Å². The minimum Gasteiger partial charge on any atom is -0.335 e. The molecule has 13 rings (SSSR count). The monoisotopic (exact) mass is 916 g/mol. The molecule has 70 heavy (non-hydrogen) atoms. The fourth-order valence-electron chi connectivity index (χ4n) is 15.0. The summed E-state index contributed by atoms with van der Waals surface area (Å²) in [5, 5.41) is 0. The summed E-state index contributed by atoms with van der Waals surface area (Å²) in [7, 11) is 0. The average molecular weight is 916 g/mol. The van der Waals surface area contributed by atoms with Crippen LogP contribution in [0.3, 0.4) is 0 Å². The average Bonchev–Trinajstić information content (AvgIpc) is 3.70. The highest BCUT2D eigenvalue weighted by Gasteiger charge is 2.63. The van der Waals surface area contributed by atoms with Crippen LogP contribution in [-0.4, -0.2) is 17.8 Å². The summed E-state index contributed by atoms with van der Waals surface area (Å²) in [6.07, 6.45) is 9.77. The molecule has 7 aromatic carbocycles. The molecule has 3 nitrogen and oxygen atoms in total. The largest absolute Gasteiger partial charge is 0.335 e. The van der Waals surface area contributed by atoms with Gasteiger partial charge in [0.15, 0.2) is 0 Å². The van der Waals surface area contributed by atoms with Gasteiger partial charge in [0.05, 0.1) is 11.1 Å². The Morgan fingerprint density at radius 3 is 1.59 bits per heavy atom. The molecule has 4 unspecified atom stereocenters. The van der Waals surface area contributed by atoms with E-state index in [1.165, 1.54) is 140 Å². The molecule has 2 aliphatic carbocycles. The van der Waals surface area contributed by atoms with Gasteiger partial charge in [0.2, 0.25) is 0 Å². The first-order chi connectivity index (χ1) is 33.4. The van der Waals surface area contributed by atoms with E-state index in [0.717, 1.165) is 6.42 Å². The van der Waals surface area contributed by atoms with Crippen LogP contribution in [-0.2, 0) is 21.7 Å². The molecule has 0 bridgehead atoms. The number of hydrogen-bond donors (Lipinski definition) is 0. The van der Waals surface area contributed by atoms with Crippen LogP contribution in [0.2, 0.25) is 0 Å². The van der Waals surface area contributed by atoms with E-state index in [4.69, 9.17) is 0 Å². The predicted molar refractivity (Wildman–Crippen MR) is 300 cm³/mol. The molecule has 4 atom stereocenters. The molecule has 4 heterocycles. The molecule has 2 saturated carbocycles. The van der Waals surface area contributed by atoms with E-state index in [0.29, 0.717) is 0 Å².